The summed E-state index contributed by atoms with van der Waals surface area (Å²) in [5.41, 5.74) is 1.00. The van der Waals surface area contributed by atoms with Gasteiger partial charge in [-0.3, -0.25) is 0 Å². The van der Waals surface area contributed by atoms with Crippen LogP contribution in [-0.4, -0.2) is 23.7 Å². The second-order valence-corrected chi connectivity index (χ2v) is 6.54. The maximum Gasteiger partial charge on any atom is 0.127 e. The highest BCUT2D eigenvalue weighted by Gasteiger charge is 2.42. The fourth-order valence-corrected chi connectivity index (χ4v) is 4.32. The summed E-state index contributed by atoms with van der Waals surface area (Å²) < 4.78 is 19.7. The van der Waals surface area contributed by atoms with Crippen LogP contribution in [0.5, 0.6) is 5.75 Å². The van der Waals surface area contributed by atoms with E-state index in [0.29, 0.717) is 0 Å². The molecular formula is C15H20FNOS. The molecule has 0 aliphatic carbocycles. The number of fused-ring (bicyclic) bond motifs is 1. The van der Waals surface area contributed by atoms with Gasteiger partial charge in [0.15, 0.2) is 0 Å². The zero-order chi connectivity index (χ0) is 13.3. The van der Waals surface area contributed by atoms with Crippen LogP contribution in [-0.2, 0) is 0 Å². The molecule has 1 spiro atoms. The van der Waals surface area contributed by atoms with Crippen LogP contribution < -0.4 is 10.1 Å². The maximum atomic E-state index is 13.5. The Morgan fingerprint density at radius 1 is 1.53 bits per heavy atom. The third kappa shape index (κ3) is 2.61. The van der Waals surface area contributed by atoms with Crippen molar-refractivity contribution in [2.24, 2.45) is 0 Å². The lowest BCUT2D eigenvalue weighted by molar-refractivity contribution is 0.0412. The van der Waals surface area contributed by atoms with E-state index in [2.05, 4.69) is 12.2 Å². The van der Waals surface area contributed by atoms with Gasteiger partial charge < -0.3 is 10.1 Å². The number of rotatable bonds is 2. The van der Waals surface area contributed by atoms with Crippen molar-refractivity contribution in [1.29, 1.82) is 0 Å². The summed E-state index contributed by atoms with van der Waals surface area (Å²) in [6.07, 6.45) is 3.26. The van der Waals surface area contributed by atoms with Crippen LogP contribution >= 0.6 is 11.8 Å². The first-order valence-electron chi connectivity index (χ1n) is 7.02. The highest BCUT2D eigenvalue weighted by Crippen LogP contribution is 2.45. The van der Waals surface area contributed by atoms with Crippen LogP contribution in [0, 0.1) is 5.82 Å². The molecule has 0 bridgehead atoms. The molecule has 1 N–H and O–H groups in total. The first-order chi connectivity index (χ1) is 9.22. The molecule has 0 saturated carbocycles. The summed E-state index contributed by atoms with van der Waals surface area (Å²) in [4.78, 5) is 0. The molecule has 104 valence electrons. The Kier molecular flexibility index (Phi) is 3.72. The minimum Gasteiger partial charge on any atom is -0.486 e. The summed E-state index contributed by atoms with van der Waals surface area (Å²) in [5.74, 6) is 2.76. The van der Waals surface area contributed by atoms with Gasteiger partial charge >= 0.3 is 0 Å². The Balaban J connectivity index is 1.94. The zero-order valence-corrected chi connectivity index (χ0v) is 12.1. The van der Waals surface area contributed by atoms with Crippen LogP contribution in [0.2, 0.25) is 0 Å². The molecule has 1 aromatic rings. The molecule has 2 nitrogen and oxygen atoms in total. The van der Waals surface area contributed by atoms with E-state index < -0.39 is 0 Å². The lowest BCUT2D eigenvalue weighted by Gasteiger charge is -2.44. The summed E-state index contributed by atoms with van der Waals surface area (Å²) >= 11 is 1.95. The molecule has 1 saturated heterocycles. The number of thioether (sulfide) groups is 1. The fraction of sp³-hybridized carbons (Fsp3) is 0.600. The molecule has 19 heavy (non-hydrogen) atoms. The first-order valence-corrected chi connectivity index (χ1v) is 8.17. The van der Waals surface area contributed by atoms with Crippen molar-refractivity contribution in [3.63, 3.8) is 0 Å². The van der Waals surface area contributed by atoms with E-state index in [4.69, 9.17) is 4.74 Å². The van der Waals surface area contributed by atoms with E-state index in [1.165, 1.54) is 18.2 Å². The fourth-order valence-electron chi connectivity index (χ4n) is 3.14. The van der Waals surface area contributed by atoms with Gasteiger partial charge in [0.05, 0.1) is 0 Å². The Labute approximate surface area is 118 Å². The quantitative estimate of drug-likeness (QED) is 0.896. The summed E-state index contributed by atoms with van der Waals surface area (Å²) in [5, 5.41) is 3.52. The number of halogens is 1. The van der Waals surface area contributed by atoms with Gasteiger partial charge in [0.2, 0.25) is 0 Å². The van der Waals surface area contributed by atoms with Crippen LogP contribution in [0.25, 0.3) is 0 Å². The largest absolute Gasteiger partial charge is 0.486 e. The van der Waals surface area contributed by atoms with Gasteiger partial charge in [0.1, 0.15) is 17.2 Å². The van der Waals surface area contributed by atoms with E-state index in [-0.39, 0.29) is 17.5 Å². The van der Waals surface area contributed by atoms with Gasteiger partial charge in [-0.2, -0.15) is 11.8 Å². The molecule has 2 aliphatic heterocycles. The zero-order valence-electron chi connectivity index (χ0n) is 11.2. The summed E-state index contributed by atoms with van der Waals surface area (Å²) in [6.45, 7) is 3.03. The molecule has 1 fully saturated rings. The summed E-state index contributed by atoms with van der Waals surface area (Å²) in [7, 11) is 0. The van der Waals surface area contributed by atoms with Gasteiger partial charge in [0.25, 0.3) is 0 Å². The predicted molar refractivity (Wildman–Crippen MR) is 77.4 cm³/mol. The standard InChI is InChI=1S/C15H20FNOS/c1-2-17-13-9-15(6-3-7-19-10-15)18-14-8-11(16)4-5-12(13)14/h4-5,8,13,17H,2-3,6-7,9-10H2,1H3. The molecular weight excluding hydrogens is 261 g/mol. The first kappa shape index (κ1) is 13.3. The van der Waals surface area contributed by atoms with Crippen molar-refractivity contribution in [3.8, 4) is 5.75 Å². The van der Waals surface area contributed by atoms with Crippen molar-refractivity contribution >= 4 is 11.8 Å². The molecule has 0 radical (unpaired) electrons. The van der Waals surface area contributed by atoms with Crippen LogP contribution in [0.15, 0.2) is 18.2 Å². The monoisotopic (exact) mass is 281 g/mol. The molecule has 1 aromatic carbocycles. The predicted octanol–water partition coefficient (Wildman–Crippen LogP) is 3.52. The molecule has 0 amide bonds. The third-order valence-corrected chi connectivity index (χ3v) is 5.30. The molecule has 0 aromatic heterocycles. The lowest BCUT2D eigenvalue weighted by Crippen LogP contribution is -2.47. The summed E-state index contributed by atoms with van der Waals surface area (Å²) in [6, 6.07) is 5.22. The number of hydrogen-bond acceptors (Lipinski definition) is 3. The molecule has 2 heterocycles. The van der Waals surface area contributed by atoms with E-state index in [0.717, 1.165) is 36.5 Å². The molecule has 2 aliphatic rings. The number of hydrogen-bond donors (Lipinski definition) is 1. The molecule has 3 rings (SSSR count). The van der Waals surface area contributed by atoms with E-state index in [9.17, 15) is 4.39 Å². The Morgan fingerprint density at radius 2 is 2.42 bits per heavy atom. The van der Waals surface area contributed by atoms with Gasteiger partial charge in [-0.05, 0) is 31.2 Å². The average molecular weight is 281 g/mol. The normalized spacial score (nSPS) is 29.9. The van der Waals surface area contributed by atoms with Gasteiger partial charge in [-0.25, -0.2) is 4.39 Å². The van der Waals surface area contributed by atoms with Crippen LogP contribution in [0.1, 0.15) is 37.8 Å². The Hall–Kier alpha value is -0.740. The molecule has 2 unspecified atom stereocenters. The Morgan fingerprint density at radius 3 is 3.16 bits per heavy atom. The topological polar surface area (TPSA) is 21.3 Å². The molecule has 4 heteroatoms. The number of benzene rings is 1. The van der Waals surface area contributed by atoms with Crippen molar-refractivity contribution in [3.05, 3.63) is 29.6 Å². The van der Waals surface area contributed by atoms with Gasteiger partial charge in [-0.15, -0.1) is 0 Å². The SMILES string of the molecule is CCNC1CC2(CCCSC2)Oc2cc(F)ccc21. The maximum absolute atomic E-state index is 13.5. The highest BCUT2D eigenvalue weighted by atomic mass is 32.2. The second-order valence-electron chi connectivity index (χ2n) is 5.44. The van der Waals surface area contributed by atoms with Gasteiger partial charge in [0, 0.05) is 29.8 Å². The van der Waals surface area contributed by atoms with Crippen LogP contribution in [0.3, 0.4) is 0 Å². The minimum absolute atomic E-state index is 0.101. The van der Waals surface area contributed by atoms with E-state index in [1.807, 2.05) is 17.8 Å². The average Bonchev–Trinajstić information content (AvgIpc) is 2.39. The van der Waals surface area contributed by atoms with E-state index >= 15 is 0 Å². The van der Waals surface area contributed by atoms with Crippen LogP contribution in [0.4, 0.5) is 4.39 Å². The number of nitrogens with one attached hydrogen (secondary N) is 1. The van der Waals surface area contributed by atoms with Gasteiger partial charge in [-0.1, -0.05) is 13.0 Å². The second kappa shape index (κ2) is 5.33. The number of ether oxygens (including phenoxy) is 1. The van der Waals surface area contributed by atoms with E-state index in [1.54, 1.807) is 6.07 Å². The van der Waals surface area contributed by atoms with Crippen molar-refractivity contribution in [2.45, 2.75) is 37.8 Å². The smallest absolute Gasteiger partial charge is 0.127 e. The highest BCUT2D eigenvalue weighted by molar-refractivity contribution is 7.99. The van der Waals surface area contributed by atoms with Crippen molar-refractivity contribution < 1.29 is 9.13 Å². The van der Waals surface area contributed by atoms with Crippen molar-refractivity contribution in [2.75, 3.05) is 18.1 Å². The minimum atomic E-state index is -0.213. The van der Waals surface area contributed by atoms with Crippen molar-refractivity contribution in [1.82, 2.24) is 5.32 Å². The molecule has 2 atom stereocenters. The third-order valence-electron chi connectivity index (χ3n) is 3.99. The lowest BCUT2D eigenvalue weighted by atomic mass is 9.85. The Bertz CT molecular complexity index is 459.